The third kappa shape index (κ3) is 8.66. The molecule has 2 heterocycles. The number of aldehydes is 1. The van der Waals surface area contributed by atoms with Gasteiger partial charge in [-0.25, -0.2) is 4.79 Å². The molecular formula is C30H44ClN5O5. The van der Waals surface area contributed by atoms with Crippen LogP contribution in [0.5, 0.6) is 0 Å². The molecule has 2 aliphatic heterocycles. The fourth-order valence-corrected chi connectivity index (χ4v) is 6.33. The van der Waals surface area contributed by atoms with Crippen LogP contribution in [0.25, 0.3) is 0 Å². The number of primary amides is 1. The van der Waals surface area contributed by atoms with Crippen molar-refractivity contribution >= 4 is 41.4 Å². The van der Waals surface area contributed by atoms with Crippen LogP contribution in [-0.2, 0) is 14.3 Å². The molecule has 3 aliphatic rings. The number of piperazine rings is 1. The summed E-state index contributed by atoms with van der Waals surface area (Å²) < 4.78 is 6.02. The van der Waals surface area contributed by atoms with Gasteiger partial charge in [-0.05, 0) is 49.8 Å². The molecule has 2 saturated heterocycles. The Balaban J connectivity index is 1.15. The average molecular weight is 590 g/mol. The molecule has 0 aromatic heterocycles. The van der Waals surface area contributed by atoms with Crippen LogP contribution in [0.15, 0.2) is 18.2 Å². The van der Waals surface area contributed by atoms with Gasteiger partial charge in [0.05, 0.1) is 17.3 Å². The Morgan fingerprint density at radius 3 is 2.34 bits per heavy atom. The molecule has 0 radical (unpaired) electrons. The van der Waals surface area contributed by atoms with Gasteiger partial charge in [-0.15, -0.1) is 0 Å². The summed E-state index contributed by atoms with van der Waals surface area (Å²) in [6, 6.07) is 4.07. The summed E-state index contributed by atoms with van der Waals surface area (Å²) in [6.07, 6.45) is 8.30. The van der Waals surface area contributed by atoms with E-state index in [-0.39, 0.29) is 29.8 Å². The summed E-state index contributed by atoms with van der Waals surface area (Å²) in [5.41, 5.74) is 6.24. The number of urea groups is 1. The highest BCUT2D eigenvalue weighted by molar-refractivity contribution is 6.34. The number of rotatable bonds is 11. The zero-order valence-corrected chi connectivity index (χ0v) is 24.7. The minimum Gasteiger partial charge on any atom is -0.380 e. The van der Waals surface area contributed by atoms with Gasteiger partial charge in [-0.3, -0.25) is 19.4 Å². The normalized spacial score (nSPS) is 19.2. The number of carbonyl (C=O) groups is 4. The predicted octanol–water partition coefficient (Wildman–Crippen LogP) is 3.41. The Labute approximate surface area is 248 Å². The molecule has 0 spiro atoms. The molecule has 0 bridgehead atoms. The van der Waals surface area contributed by atoms with Crippen molar-refractivity contribution in [2.45, 2.75) is 51.4 Å². The van der Waals surface area contributed by atoms with Gasteiger partial charge in [-0.1, -0.05) is 30.9 Å². The second-order valence-corrected chi connectivity index (χ2v) is 11.8. The Hall–Kier alpha value is -2.69. The van der Waals surface area contributed by atoms with Gasteiger partial charge in [0.1, 0.15) is 6.29 Å². The maximum atomic E-state index is 13.2. The van der Waals surface area contributed by atoms with Crippen molar-refractivity contribution in [1.29, 1.82) is 0 Å². The Kier molecular flexibility index (Phi) is 11.8. The Morgan fingerprint density at radius 2 is 1.68 bits per heavy atom. The van der Waals surface area contributed by atoms with Gasteiger partial charge in [0.25, 0.3) is 5.91 Å². The van der Waals surface area contributed by atoms with E-state index < -0.39 is 6.03 Å². The van der Waals surface area contributed by atoms with Crippen LogP contribution in [0.3, 0.4) is 0 Å². The van der Waals surface area contributed by atoms with Crippen LogP contribution in [-0.4, -0.2) is 104 Å². The molecule has 1 saturated carbocycles. The predicted molar refractivity (Wildman–Crippen MR) is 158 cm³/mol. The van der Waals surface area contributed by atoms with Crippen molar-refractivity contribution in [3.8, 4) is 0 Å². The first-order valence-electron chi connectivity index (χ1n) is 15.1. The lowest BCUT2D eigenvalue weighted by molar-refractivity contribution is -0.138. The van der Waals surface area contributed by atoms with Gasteiger partial charge in [0, 0.05) is 76.9 Å². The zero-order valence-electron chi connectivity index (χ0n) is 24.0. The molecule has 3 fully saturated rings. The summed E-state index contributed by atoms with van der Waals surface area (Å²) in [4.78, 5) is 56.2. The third-order valence-corrected chi connectivity index (χ3v) is 8.99. The van der Waals surface area contributed by atoms with Crippen molar-refractivity contribution in [3.63, 3.8) is 0 Å². The van der Waals surface area contributed by atoms with E-state index in [1.165, 1.54) is 24.2 Å². The maximum absolute atomic E-state index is 13.2. The van der Waals surface area contributed by atoms with Crippen LogP contribution in [0.2, 0.25) is 5.02 Å². The van der Waals surface area contributed by atoms with Crippen molar-refractivity contribution in [2.24, 2.45) is 17.6 Å². The monoisotopic (exact) mass is 589 g/mol. The van der Waals surface area contributed by atoms with Crippen molar-refractivity contribution < 1.29 is 23.9 Å². The molecule has 2 N–H and O–H groups in total. The minimum absolute atomic E-state index is 0.0951. The molecule has 1 aromatic rings. The summed E-state index contributed by atoms with van der Waals surface area (Å²) in [7, 11) is 0. The summed E-state index contributed by atoms with van der Waals surface area (Å²) >= 11 is 6.29. The van der Waals surface area contributed by atoms with Gasteiger partial charge in [0.2, 0.25) is 5.91 Å². The summed E-state index contributed by atoms with van der Waals surface area (Å²) in [5.74, 6) is 0.890. The number of benzene rings is 1. The number of hydrogen-bond donors (Lipinski definition) is 1. The maximum Gasteiger partial charge on any atom is 0.319 e. The van der Waals surface area contributed by atoms with Crippen LogP contribution in [0.1, 0.15) is 61.7 Å². The first-order valence-corrected chi connectivity index (χ1v) is 15.4. The Morgan fingerprint density at radius 1 is 0.976 bits per heavy atom. The summed E-state index contributed by atoms with van der Waals surface area (Å²) in [5, 5.41) is 0.289. The van der Waals surface area contributed by atoms with E-state index in [1.54, 1.807) is 18.2 Å². The van der Waals surface area contributed by atoms with Crippen LogP contribution >= 0.6 is 11.6 Å². The first kappa shape index (κ1) is 31.3. The number of carbonyl (C=O) groups excluding carboxylic acids is 4. The fraction of sp³-hybridized carbons (Fsp3) is 0.667. The standard InChI is InChI=1S/C30H44ClN5O5/c31-26-8-7-25(21-27(26)36(30(32)40)11-4-19-37)29(39)34-12-9-23(10-13-34)22-41-20-18-33-14-16-35(17-15-33)28(38)24-5-2-1-3-6-24/h7-8,19,21,23-24H,1-6,9-18,20,22H2,(H2,32,40). The number of hydrogen-bond acceptors (Lipinski definition) is 6. The number of nitrogens with two attached hydrogens (primary N) is 1. The van der Waals surface area contributed by atoms with Crippen LogP contribution < -0.4 is 10.6 Å². The van der Waals surface area contributed by atoms with E-state index in [2.05, 4.69) is 9.80 Å². The summed E-state index contributed by atoms with van der Waals surface area (Å²) in [6.45, 7) is 7.02. The molecule has 1 aromatic carbocycles. The Bertz CT molecular complexity index is 1050. The molecule has 11 heteroatoms. The lowest BCUT2D eigenvalue weighted by Crippen LogP contribution is -2.51. The van der Waals surface area contributed by atoms with E-state index in [0.717, 1.165) is 58.4 Å². The second-order valence-electron chi connectivity index (χ2n) is 11.4. The van der Waals surface area contributed by atoms with Crippen molar-refractivity contribution in [2.75, 3.05) is 70.5 Å². The lowest BCUT2D eigenvalue weighted by Gasteiger charge is -2.37. The molecule has 10 nitrogen and oxygen atoms in total. The number of ether oxygens (including phenoxy) is 1. The fourth-order valence-electron chi connectivity index (χ4n) is 6.11. The minimum atomic E-state index is -0.730. The van der Waals surface area contributed by atoms with E-state index in [1.807, 2.05) is 4.90 Å². The SMILES string of the molecule is NC(=O)N(CCC=O)c1cc(C(=O)N2CCC(COCCN3CCN(C(=O)C4CCCCC4)CC3)CC2)ccc1Cl. The van der Waals surface area contributed by atoms with E-state index >= 15 is 0 Å². The van der Waals surface area contributed by atoms with E-state index in [4.69, 9.17) is 22.1 Å². The number of piperidine rings is 1. The molecule has 226 valence electrons. The molecular weight excluding hydrogens is 546 g/mol. The third-order valence-electron chi connectivity index (χ3n) is 8.67. The molecule has 0 atom stereocenters. The molecule has 0 unspecified atom stereocenters. The van der Waals surface area contributed by atoms with Gasteiger partial charge in [-0.2, -0.15) is 0 Å². The largest absolute Gasteiger partial charge is 0.380 e. The van der Waals surface area contributed by atoms with E-state index in [0.29, 0.717) is 55.7 Å². The highest BCUT2D eigenvalue weighted by Gasteiger charge is 2.29. The topological polar surface area (TPSA) is 116 Å². The second kappa shape index (κ2) is 15.5. The quantitative estimate of drug-likeness (QED) is 0.312. The van der Waals surface area contributed by atoms with Crippen molar-refractivity contribution in [1.82, 2.24) is 14.7 Å². The average Bonchev–Trinajstić information content (AvgIpc) is 3.00. The number of anilines is 1. The van der Waals surface area contributed by atoms with E-state index in [9.17, 15) is 19.2 Å². The molecule has 41 heavy (non-hydrogen) atoms. The number of nitrogens with zero attached hydrogens (tertiary/aromatic N) is 4. The smallest absolute Gasteiger partial charge is 0.319 e. The zero-order chi connectivity index (χ0) is 29.2. The number of amides is 4. The van der Waals surface area contributed by atoms with Crippen LogP contribution in [0.4, 0.5) is 10.5 Å². The first-order chi connectivity index (χ1) is 19.9. The highest BCUT2D eigenvalue weighted by atomic mass is 35.5. The number of halogens is 1. The number of likely N-dealkylation sites (tertiary alicyclic amines) is 1. The highest BCUT2D eigenvalue weighted by Crippen LogP contribution is 2.29. The molecule has 4 rings (SSSR count). The molecule has 4 amide bonds. The van der Waals surface area contributed by atoms with Gasteiger partial charge in [0.15, 0.2) is 0 Å². The van der Waals surface area contributed by atoms with Gasteiger partial charge < -0.3 is 25.1 Å². The van der Waals surface area contributed by atoms with Crippen LogP contribution in [0, 0.1) is 11.8 Å². The lowest BCUT2D eigenvalue weighted by atomic mass is 9.88. The van der Waals surface area contributed by atoms with Crippen molar-refractivity contribution in [3.05, 3.63) is 28.8 Å². The molecule has 1 aliphatic carbocycles. The van der Waals surface area contributed by atoms with Gasteiger partial charge >= 0.3 is 6.03 Å².